The van der Waals surface area contributed by atoms with E-state index in [-0.39, 0.29) is 5.91 Å². The lowest BCUT2D eigenvalue weighted by Gasteiger charge is -2.19. The maximum absolute atomic E-state index is 12.6. The number of rotatable bonds is 5. The van der Waals surface area contributed by atoms with E-state index in [9.17, 15) is 4.79 Å². The minimum absolute atomic E-state index is 0.00315. The first-order valence-corrected chi connectivity index (χ1v) is 7.28. The molecule has 2 aromatic rings. The summed E-state index contributed by atoms with van der Waals surface area (Å²) < 4.78 is 1.94. The SMILES string of the molecule is CCCn1cc(N)cc1C(=O)N(C)Cc1ccccc1C. The van der Waals surface area contributed by atoms with Gasteiger partial charge in [0.1, 0.15) is 5.69 Å². The molecule has 4 heteroatoms. The molecule has 0 aliphatic rings. The Morgan fingerprint density at radius 2 is 2.05 bits per heavy atom. The maximum Gasteiger partial charge on any atom is 0.270 e. The zero-order chi connectivity index (χ0) is 15.4. The zero-order valence-corrected chi connectivity index (χ0v) is 13.0. The van der Waals surface area contributed by atoms with Crippen LogP contribution in [0.1, 0.15) is 35.0 Å². The molecule has 0 bridgehead atoms. The molecule has 21 heavy (non-hydrogen) atoms. The number of hydrogen-bond donors (Lipinski definition) is 1. The molecule has 0 radical (unpaired) electrons. The molecule has 1 aromatic heterocycles. The van der Waals surface area contributed by atoms with Crippen molar-refractivity contribution in [2.45, 2.75) is 33.4 Å². The largest absolute Gasteiger partial charge is 0.397 e. The van der Waals surface area contributed by atoms with Crippen molar-refractivity contribution in [1.29, 1.82) is 0 Å². The van der Waals surface area contributed by atoms with Crippen molar-refractivity contribution in [3.8, 4) is 0 Å². The van der Waals surface area contributed by atoms with Crippen LogP contribution in [0.3, 0.4) is 0 Å². The van der Waals surface area contributed by atoms with E-state index in [0.717, 1.165) is 18.5 Å². The second kappa shape index (κ2) is 6.48. The lowest BCUT2D eigenvalue weighted by atomic mass is 10.1. The second-order valence-corrected chi connectivity index (χ2v) is 5.44. The molecule has 0 aliphatic heterocycles. The van der Waals surface area contributed by atoms with Crippen LogP contribution in [0.25, 0.3) is 0 Å². The molecule has 4 nitrogen and oxygen atoms in total. The molecule has 1 amide bonds. The number of aromatic nitrogens is 1. The summed E-state index contributed by atoms with van der Waals surface area (Å²) in [6.45, 7) is 5.55. The molecule has 0 aliphatic carbocycles. The number of amides is 1. The molecule has 2 N–H and O–H groups in total. The molecular formula is C17H23N3O. The van der Waals surface area contributed by atoms with Gasteiger partial charge in [0.2, 0.25) is 0 Å². The van der Waals surface area contributed by atoms with E-state index in [1.54, 1.807) is 11.0 Å². The summed E-state index contributed by atoms with van der Waals surface area (Å²) in [5.74, 6) is 0.00315. The average molecular weight is 285 g/mol. The smallest absolute Gasteiger partial charge is 0.270 e. The summed E-state index contributed by atoms with van der Waals surface area (Å²) in [5.41, 5.74) is 9.48. The van der Waals surface area contributed by atoms with Crippen molar-refractivity contribution >= 4 is 11.6 Å². The van der Waals surface area contributed by atoms with Crippen molar-refractivity contribution in [2.24, 2.45) is 0 Å². The van der Waals surface area contributed by atoms with Crippen molar-refractivity contribution in [3.63, 3.8) is 0 Å². The number of carbonyl (C=O) groups excluding carboxylic acids is 1. The van der Waals surface area contributed by atoms with E-state index in [0.29, 0.717) is 17.9 Å². The summed E-state index contributed by atoms with van der Waals surface area (Å²) in [5, 5.41) is 0. The van der Waals surface area contributed by atoms with E-state index < -0.39 is 0 Å². The van der Waals surface area contributed by atoms with Crippen LogP contribution in [0.4, 0.5) is 5.69 Å². The number of nitrogens with zero attached hydrogens (tertiary/aromatic N) is 2. The van der Waals surface area contributed by atoms with Crippen molar-refractivity contribution in [3.05, 3.63) is 53.3 Å². The monoisotopic (exact) mass is 285 g/mol. The third-order valence-corrected chi connectivity index (χ3v) is 3.62. The Balaban J connectivity index is 2.18. The lowest BCUT2D eigenvalue weighted by Crippen LogP contribution is -2.28. The number of aryl methyl sites for hydroxylation is 2. The average Bonchev–Trinajstić information content (AvgIpc) is 2.81. The summed E-state index contributed by atoms with van der Waals surface area (Å²) in [6.07, 6.45) is 2.80. The van der Waals surface area contributed by atoms with Crippen LogP contribution < -0.4 is 5.73 Å². The van der Waals surface area contributed by atoms with Gasteiger partial charge in [-0.15, -0.1) is 0 Å². The predicted molar refractivity (Wildman–Crippen MR) is 86.1 cm³/mol. The van der Waals surface area contributed by atoms with E-state index in [1.165, 1.54) is 5.56 Å². The second-order valence-electron chi connectivity index (χ2n) is 5.44. The normalized spacial score (nSPS) is 10.6. The summed E-state index contributed by atoms with van der Waals surface area (Å²) in [6, 6.07) is 9.88. The zero-order valence-electron chi connectivity index (χ0n) is 13.0. The summed E-state index contributed by atoms with van der Waals surface area (Å²) >= 11 is 0. The van der Waals surface area contributed by atoms with Crippen LogP contribution >= 0.6 is 0 Å². The highest BCUT2D eigenvalue weighted by Gasteiger charge is 2.17. The van der Waals surface area contributed by atoms with Gasteiger partial charge in [0, 0.05) is 26.3 Å². The number of benzene rings is 1. The Morgan fingerprint density at radius 3 is 2.71 bits per heavy atom. The van der Waals surface area contributed by atoms with Gasteiger partial charge in [0.15, 0.2) is 0 Å². The fourth-order valence-electron chi connectivity index (χ4n) is 2.45. The summed E-state index contributed by atoms with van der Waals surface area (Å²) in [4.78, 5) is 14.4. The van der Waals surface area contributed by atoms with Crippen LogP contribution in [0.5, 0.6) is 0 Å². The Kier molecular flexibility index (Phi) is 4.68. The Labute approximate surface area is 126 Å². The van der Waals surface area contributed by atoms with Gasteiger partial charge in [0.25, 0.3) is 5.91 Å². The molecular weight excluding hydrogens is 262 g/mol. The molecule has 0 spiro atoms. The number of nitrogen functional groups attached to an aromatic ring is 1. The first-order valence-electron chi connectivity index (χ1n) is 7.28. The van der Waals surface area contributed by atoms with Crippen LogP contribution in [0.2, 0.25) is 0 Å². The molecule has 0 saturated heterocycles. The third kappa shape index (κ3) is 3.45. The van der Waals surface area contributed by atoms with E-state index in [1.807, 2.05) is 29.9 Å². The highest BCUT2D eigenvalue weighted by atomic mass is 16.2. The maximum atomic E-state index is 12.6. The van der Waals surface area contributed by atoms with Crippen molar-refractivity contribution < 1.29 is 4.79 Å². The fourth-order valence-corrected chi connectivity index (χ4v) is 2.45. The molecule has 1 heterocycles. The minimum Gasteiger partial charge on any atom is -0.397 e. The lowest BCUT2D eigenvalue weighted by molar-refractivity contribution is 0.0774. The van der Waals surface area contributed by atoms with Crippen molar-refractivity contribution in [2.75, 3.05) is 12.8 Å². The highest BCUT2D eigenvalue weighted by Crippen LogP contribution is 2.16. The van der Waals surface area contributed by atoms with Crippen molar-refractivity contribution in [1.82, 2.24) is 9.47 Å². The molecule has 1 aromatic carbocycles. The van der Waals surface area contributed by atoms with Crippen LogP contribution in [-0.4, -0.2) is 22.4 Å². The van der Waals surface area contributed by atoms with Gasteiger partial charge in [-0.1, -0.05) is 31.2 Å². The van der Waals surface area contributed by atoms with Gasteiger partial charge in [-0.05, 0) is 30.5 Å². The topological polar surface area (TPSA) is 51.3 Å². The molecule has 0 atom stereocenters. The number of nitrogens with two attached hydrogens (primary N) is 1. The summed E-state index contributed by atoms with van der Waals surface area (Å²) in [7, 11) is 1.83. The number of carbonyl (C=O) groups is 1. The van der Waals surface area contributed by atoms with Gasteiger partial charge in [-0.25, -0.2) is 0 Å². The number of anilines is 1. The van der Waals surface area contributed by atoms with Crippen LogP contribution in [-0.2, 0) is 13.1 Å². The minimum atomic E-state index is 0.00315. The van der Waals surface area contributed by atoms with Gasteiger partial charge < -0.3 is 15.2 Å². The fraction of sp³-hybridized carbons (Fsp3) is 0.353. The Hall–Kier alpha value is -2.23. The molecule has 0 saturated carbocycles. The molecule has 0 fully saturated rings. The van der Waals surface area contributed by atoms with Gasteiger partial charge in [-0.3, -0.25) is 4.79 Å². The van der Waals surface area contributed by atoms with E-state index >= 15 is 0 Å². The quantitative estimate of drug-likeness (QED) is 0.918. The van der Waals surface area contributed by atoms with E-state index in [4.69, 9.17) is 5.73 Å². The number of hydrogen-bond acceptors (Lipinski definition) is 2. The standard InChI is InChI=1S/C17H23N3O/c1-4-9-20-12-15(18)10-16(20)17(21)19(3)11-14-8-6-5-7-13(14)2/h5-8,10,12H,4,9,11,18H2,1-3H3. The van der Waals surface area contributed by atoms with Crippen LogP contribution in [0, 0.1) is 6.92 Å². The Morgan fingerprint density at radius 1 is 1.33 bits per heavy atom. The van der Waals surface area contributed by atoms with Gasteiger partial charge in [-0.2, -0.15) is 0 Å². The molecule has 0 unspecified atom stereocenters. The van der Waals surface area contributed by atoms with Gasteiger partial charge in [0.05, 0.1) is 5.69 Å². The predicted octanol–water partition coefficient (Wildman–Crippen LogP) is 3.06. The Bertz CT molecular complexity index is 631. The first-order chi connectivity index (χ1) is 10.0. The van der Waals surface area contributed by atoms with E-state index in [2.05, 4.69) is 26.0 Å². The van der Waals surface area contributed by atoms with Gasteiger partial charge >= 0.3 is 0 Å². The molecule has 2 rings (SSSR count). The highest BCUT2D eigenvalue weighted by molar-refractivity contribution is 5.93. The van der Waals surface area contributed by atoms with Crippen LogP contribution in [0.15, 0.2) is 36.5 Å². The first kappa shape index (κ1) is 15.2. The molecule has 112 valence electrons. The third-order valence-electron chi connectivity index (χ3n) is 3.62.